The van der Waals surface area contributed by atoms with Crippen LogP contribution in [0, 0.1) is 0 Å². The summed E-state index contributed by atoms with van der Waals surface area (Å²) >= 11 is 5.81. The zero-order valence-electron chi connectivity index (χ0n) is 11.9. The number of carbonyl (C=O) groups excluding carboxylic acids is 1. The van der Waals surface area contributed by atoms with Crippen LogP contribution in [0.5, 0.6) is 0 Å². The maximum Gasteiger partial charge on any atom is 0.234 e. The predicted octanol–water partition coefficient (Wildman–Crippen LogP) is 1.17. The van der Waals surface area contributed by atoms with Crippen LogP contribution < -0.4 is 5.73 Å². The molecular weight excluding hydrogens is 292 g/mol. The van der Waals surface area contributed by atoms with Crippen molar-refractivity contribution in [2.24, 2.45) is 5.73 Å². The molecule has 1 aromatic rings. The van der Waals surface area contributed by atoms with Crippen LogP contribution >= 0.6 is 11.6 Å². The van der Waals surface area contributed by atoms with E-state index in [1.54, 1.807) is 12.1 Å². The lowest BCUT2D eigenvalue weighted by molar-refractivity contribution is -0.122. The SMILES string of the molecule is NC(=O)[C@H]1CCCN1C[C@@H](O)COCc1ccc(Cl)cc1. The van der Waals surface area contributed by atoms with Crippen molar-refractivity contribution in [3.63, 3.8) is 0 Å². The van der Waals surface area contributed by atoms with Crippen LogP contribution in [-0.4, -0.2) is 47.8 Å². The molecule has 1 heterocycles. The number of aliphatic hydroxyl groups excluding tert-OH is 1. The maximum atomic E-state index is 11.3. The number of ether oxygens (including phenoxy) is 1. The molecule has 2 rings (SSSR count). The molecule has 6 heteroatoms. The zero-order chi connectivity index (χ0) is 15.2. The lowest BCUT2D eigenvalue weighted by Gasteiger charge is -2.24. The smallest absolute Gasteiger partial charge is 0.234 e. The van der Waals surface area contributed by atoms with Gasteiger partial charge < -0.3 is 15.6 Å². The van der Waals surface area contributed by atoms with Gasteiger partial charge in [0.25, 0.3) is 0 Å². The van der Waals surface area contributed by atoms with Crippen LogP contribution in [0.15, 0.2) is 24.3 Å². The Morgan fingerprint density at radius 3 is 2.86 bits per heavy atom. The normalized spacial score (nSPS) is 20.6. The summed E-state index contributed by atoms with van der Waals surface area (Å²) in [4.78, 5) is 13.2. The van der Waals surface area contributed by atoms with Crippen molar-refractivity contribution in [3.8, 4) is 0 Å². The Labute approximate surface area is 129 Å². The van der Waals surface area contributed by atoms with Crippen molar-refractivity contribution >= 4 is 17.5 Å². The van der Waals surface area contributed by atoms with Crippen molar-refractivity contribution in [1.29, 1.82) is 0 Å². The summed E-state index contributed by atoms with van der Waals surface area (Å²) < 4.78 is 5.49. The van der Waals surface area contributed by atoms with Gasteiger partial charge in [-0.05, 0) is 37.1 Å². The van der Waals surface area contributed by atoms with E-state index in [0.717, 1.165) is 24.9 Å². The summed E-state index contributed by atoms with van der Waals surface area (Å²) in [6.45, 7) is 1.86. The molecule has 1 aromatic carbocycles. The molecule has 1 saturated heterocycles. The Morgan fingerprint density at radius 2 is 2.19 bits per heavy atom. The highest BCUT2D eigenvalue weighted by atomic mass is 35.5. The Balaban J connectivity index is 1.71. The number of rotatable bonds is 7. The minimum atomic E-state index is -0.628. The van der Waals surface area contributed by atoms with Gasteiger partial charge in [-0.2, -0.15) is 0 Å². The first-order valence-corrected chi connectivity index (χ1v) is 7.47. The minimum absolute atomic E-state index is 0.227. The third kappa shape index (κ3) is 4.97. The molecule has 0 aliphatic carbocycles. The van der Waals surface area contributed by atoms with Crippen LogP contribution in [0.3, 0.4) is 0 Å². The van der Waals surface area contributed by atoms with Gasteiger partial charge in [-0.3, -0.25) is 9.69 Å². The molecule has 0 unspecified atom stereocenters. The molecule has 1 amide bonds. The molecule has 0 aromatic heterocycles. The fraction of sp³-hybridized carbons (Fsp3) is 0.533. The number of nitrogens with two attached hydrogens (primary N) is 1. The molecule has 21 heavy (non-hydrogen) atoms. The largest absolute Gasteiger partial charge is 0.389 e. The Morgan fingerprint density at radius 1 is 1.48 bits per heavy atom. The molecule has 0 saturated carbocycles. The van der Waals surface area contributed by atoms with Crippen molar-refractivity contribution in [1.82, 2.24) is 4.90 Å². The molecule has 0 spiro atoms. The summed E-state index contributed by atoms with van der Waals surface area (Å²) in [6, 6.07) is 7.13. The number of aliphatic hydroxyl groups is 1. The van der Waals surface area contributed by atoms with E-state index in [0.29, 0.717) is 18.2 Å². The Kier molecular flexibility index (Phi) is 5.99. The van der Waals surface area contributed by atoms with Gasteiger partial charge >= 0.3 is 0 Å². The summed E-state index contributed by atoms with van der Waals surface area (Å²) in [5.74, 6) is -0.318. The van der Waals surface area contributed by atoms with Crippen molar-refractivity contribution in [3.05, 3.63) is 34.9 Å². The fourth-order valence-electron chi connectivity index (χ4n) is 2.58. The number of β-amino-alcohol motifs (C(OH)–C–C–N with tert-alkyl or cyclic N) is 1. The average Bonchev–Trinajstić information content (AvgIpc) is 2.89. The number of likely N-dealkylation sites (tertiary alicyclic amines) is 1. The molecule has 0 radical (unpaired) electrons. The molecule has 116 valence electrons. The number of amides is 1. The molecule has 1 fully saturated rings. The van der Waals surface area contributed by atoms with Crippen LogP contribution in [-0.2, 0) is 16.1 Å². The maximum absolute atomic E-state index is 11.3. The first kappa shape index (κ1) is 16.2. The lowest BCUT2D eigenvalue weighted by atomic mass is 10.2. The molecule has 5 nitrogen and oxygen atoms in total. The van der Waals surface area contributed by atoms with E-state index in [1.807, 2.05) is 17.0 Å². The number of carbonyl (C=O) groups is 1. The number of hydrogen-bond acceptors (Lipinski definition) is 4. The number of nitrogens with zero attached hydrogens (tertiary/aromatic N) is 1. The van der Waals surface area contributed by atoms with Gasteiger partial charge in [-0.1, -0.05) is 23.7 Å². The van der Waals surface area contributed by atoms with Gasteiger partial charge in [-0.15, -0.1) is 0 Å². The van der Waals surface area contributed by atoms with Crippen molar-refractivity contribution in [2.75, 3.05) is 19.7 Å². The van der Waals surface area contributed by atoms with Gasteiger partial charge in [0.2, 0.25) is 5.91 Å². The third-order valence-electron chi connectivity index (χ3n) is 3.63. The van der Waals surface area contributed by atoms with Gasteiger partial charge in [0.05, 0.1) is 25.4 Å². The summed E-state index contributed by atoms with van der Waals surface area (Å²) in [7, 11) is 0. The summed E-state index contributed by atoms with van der Waals surface area (Å²) in [6.07, 6.45) is 1.08. The van der Waals surface area contributed by atoms with E-state index >= 15 is 0 Å². The Bertz CT molecular complexity index is 466. The van der Waals surface area contributed by atoms with E-state index in [-0.39, 0.29) is 18.6 Å². The third-order valence-corrected chi connectivity index (χ3v) is 3.88. The predicted molar refractivity (Wildman–Crippen MR) is 80.9 cm³/mol. The summed E-state index contributed by atoms with van der Waals surface area (Å²) in [5, 5.41) is 10.7. The molecule has 2 atom stereocenters. The van der Waals surface area contributed by atoms with Gasteiger partial charge in [-0.25, -0.2) is 0 Å². The number of primary amides is 1. The number of benzene rings is 1. The van der Waals surface area contributed by atoms with Crippen LogP contribution in [0.4, 0.5) is 0 Å². The number of halogens is 1. The second-order valence-electron chi connectivity index (χ2n) is 5.35. The lowest BCUT2D eigenvalue weighted by Crippen LogP contribution is -2.44. The fourth-order valence-corrected chi connectivity index (χ4v) is 2.71. The monoisotopic (exact) mass is 312 g/mol. The van der Waals surface area contributed by atoms with E-state index < -0.39 is 6.10 Å². The van der Waals surface area contributed by atoms with Gasteiger partial charge in [0.1, 0.15) is 0 Å². The topological polar surface area (TPSA) is 75.8 Å². The highest BCUT2D eigenvalue weighted by molar-refractivity contribution is 6.30. The first-order valence-electron chi connectivity index (χ1n) is 7.10. The quantitative estimate of drug-likeness (QED) is 0.792. The second-order valence-corrected chi connectivity index (χ2v) is 5.79. The van der Waals surface area contributed by atoms with E-state index in [2.05, 4.69) is 0 Å². The van der Waals surface area contributed by atoms with Gasteiger partial charge in [0, 0.05) is 11.6 Å². The van der Waals surface area contributed by atoms with Crippen molar-refractivity contribution < 1.29 is 14.6 Å². The Hall–Kier alpha value is -1.14. The van der Waals surface area contributed by atoms with Crippen LogP contribution in [0.2, 0.25) is 5.02 Å². The highest BCUT2D eigenvalue weighted by Crippen LogP contribution is 2.17. The molecular formula is C15H21ClN2O3. The molecule has 1 aliphatic rings. The van der Waals surface area contributed by atoms with E-state index in [9.17, 15) is 9.90 Å². The standard InChI is InChI=1S/C15H21ClN2O3/c16-12-5-3-11(4-6-12)9-21-10-13(19)8-18-7-1-2-14(18)15(17)20/h3-6,13-14,19H,1-2,7-10H2,(H2,17,20)/t13-,14-/m1/s1. The molecule has 3 N–H and O–H groups in total. The zero-order valence-corrected chi connectivity index (χ0v) is 12.6. The minimum Gasteiger partial charge on any atom is -0.389 e. The number of hydrogen-bond donors (Lipinski definition) is 2. The van der Waals surface area contributed by atoms with Gasteiger partial charge in [0.15, 0.2) is 0 Å². The first-order chi connectivity index (χ1) is 10.1. The highest BCUT2D eigenvalue weighted by Gasteiger charge is 2.30. The van der Waals surface area contributed by atoms with E-state index in [1.165, 1.54) is 0 Å². The molecule has 1 aliphatic heterocycles. The van der Waals surface area contributed by atoms with Crippen LogP contribution in [0.1, 0.15) is 18.4 Å². The second kappa shape index (κ2) is 7.75. The molecule has 0 bridgehead atoms. The average molecular weight is 313 g/mol. The van der Waals surface area contributed by atoms with Crippen LogP contribution in [0.25, 0.3) is 0 Å². The summed E-state index contributed by atoms with van der Waals surface area (Å²) in [5.41, 5.74) is 6.35. The van der Waals surface area contributed by atoms with Crippen molar-refractivity contribution in [2.45, 2.75) is 31.6 Å². The van der Waals surface area contributed by atoms with E-state index in [4.69, 9.17) is 22.1 Å².